The Morgan fingerprint density at radius 3 is 2.89 bits per heavy atom. The SMILES string of the molecule is CCCCSC=CC=O. The lowest BCUT2D eigenvalue weighted by atomic mass is 10.4. The molecule has 0 aliphatic carbocycles. The van der Waals surface area contributed by atoms with E-state index in [4.69, 9.17) is 0 Å². The number of thioether (sulfide) groups is 1. The van der Waals surface area contributed by atoms with E-state index in [2.05, 4.69) is 6.92 Å². The van der Waals surface area contributed by atoms with Gasteiger partial charge in [-0.15, -0.1) is 11.8 Å². The van der Waals surface area contributed by atoms with Crippen LogP contribution in [0.15, 0.2) is 11.5 Å². The molecule has 0 aromatic heterocycles. The van der Waals surface area contributed by atoms with Crippen LogP contribution in [0.3, 0.4) is 0 Å². The lowest BCUT2D eigenvalue weighted by Gasteiger charge is -1.88. The van der Waals surface area contributed by atoms with Crippen LogP contribution in [0.25, 0.3) is 0 Å². The molecule has 0 spiro atoms. The van der Waals surface area contributed by atoms with Crippen molar-refractivity contribution < 1.29 is 4.79 Å². The average molecular weight is 144 g/mol. The molecule has 0 unspecified atom stereocenters. The molecule has 0 fully saturated rings. The maximum absolute atomic E-state index is 9.74. The molecular weight excluding hydrogens is 132 g/mol. The van der Waals surface area contributed by atoms with Crippen LogP contribution in [-0.2, 0) is 4.79 Å². The first-order chi connectivity index (χ1) is 4.41. The van der Waals surface area contributed by atoms with Crippen LogP contribution in [0, 0.1) is 0 Å². The van der Waals surface area contributed by atoms with Gasteiger partial charge in [-0.1, -0.05) is 13.3 Å². The van der Waals surface area contributed by atoms with E-state index in [1.807, 2.05) is 5.41 Å². The summed E-state index contributed by atoms with van der Waals surface area (Å²) in [4.78, 5) is 9.74. The Kier molecular flexibility index (Phi) is 7.55. The predicted molar refractivity (Wildman–Crippen MR) is 42.6 cm³/mol. The van der Waals surface area contributed by atoms with E-state index < -0.39 is 0 Å². The van der Waals surface area contributed by atoms with Crippen molar-refractivity contribution in [3.63, 3.8) is 0 Å². The molecule has 0 saturated carbocycles. The van der Waals surface area contributed by atoms with E-state index in [1.54, 1.807) is 11.8 Å². The van der Waals surface area contributed by atoms with Crippen molar-refractivity contribution in [2.24, 2.45) is 0 Å². The maximum atomic E-state index is 9.74. The summed E-state index contributed by atoms with van der Waals surface area (Å²) >= 11 is 1.69. The molecule has 52 valence electrons. The number of rotatable bonds is 5. The van der Waals surface area contributed by atoms with Crippen LogP contribution < -0.4 is 0 Å². The highest BCUT2D eigenvalue weighted by atomic mass is 32.2. The van der Waals surface area contributed by atoms with Crippen molar-refractivity contribution in [3.05, 3.63) is 11.5 Å². The lowest BCUT2D eigenvalue weighted by Crippen LogP contribution is -1.72. The molecule has 0 aliphatic heterocycles. The Balaban J connectivity index is 2.90. The third kappa shape index (κ3) is 7.76. The fourth-order valence-corrected chi connectivity index (χ4v) is 1.15. The zero-order valence-electron chi connectivity index (χ0n) is 5.67. The first kappa shape index (κ1) is 8.76. The largest absolute Gasteiger partial charge is 0.299 e. The molecular formula is C7H12OS. The van der Waals surface area contributed by atoms with Crippen LogP contribution >= 0.6 is 11.8 Å². The minimum atomic E-state index is 0.805. The van der Waals surface area contributed by atoms with Crippen molar-refractivity contribution in [2.75, 3.05) is 5.75 Å². The fraction of sp³-hybridized carbons (Fsp3) is 0.571. The number of hydrogen-bond donors (Lipinski definition) is 0. The topological polar surface area (TPSA) is 17.1 Å². The minimum absolute atomic E-state index is 0.805. The van der Waals surface area contributed by atoms with Gasteiger partial charge in [-0.25, -0.2) is 0 Å². The Morgan fingerprint density at radius 1 is 1.56 bits per heavy atom. The van der Waals surface area contributed by atoms with Gasteiger partial charge in [0.2, 0.25) is 0 Å². The van der Waals surface area contributed by atoms with Gasteiger partial charge in [-0.3, -0.25) is 4.79 Å². The molecule has 0 N–H and O–H groups in total. The monoisotopic (exact) mass is 144 g/mol. The number of allylic oxidation sites excluding steroid dienone is 1. The molecule has 0 atom stereocenters. The molecule has 0 aromatic rings. The smallest absolute Gasteiger partial charge is 0.143 e. The van der Waals surface area contributed by atoms with Gasteiger partial charge in [0, 0.05) is 0 Å². The first-order valence-electron chi connectivity index (χ1n) is 3.13. The summed E-state index contributed by atoms with van der Waals surface area (Å²) in [5.74, 6) is 1.13. The van der Waals surface area contributed by atoms with Gasteiger partial charge in [-0.05, 0) is 23.7 Å². The van der Waals surface area contributed by atoms with E-state index in [-0.39, 0.29) is 0 Å². The summed E-state index contributed by atoms with van der Waals surface area (Å²) < 4.78 is 0. The highest BCUT2D eigenvalue weighted by Gasteiger charge is 1.79. The van der Waals surface area contributed by atoms with Crippen LogP contribution in [0.2, 0.25) is 0 Å². The molecule has 0 amide bonds. The first-order valence-corrected chi connectivity index (χ1v) is 4.18. The second-order valence-corrected chi connectivity index (χ2v) is 2.70. The molecule has 0 rings (SSSR count). The third-order valence-electron chi connectivity index (χ3n) is 0.869. The molecule has 0 radical (unpaired) electrons. The van der Waals surface area contributed by atoms with E-state index in [0.717, 1.165) is 12.0 Å². The molecule has 9 heavy (non-hydrogen) atoms. The van der Waals surface area contributed by atoms with Crippen LogP contribution in [0.4, 0.5) is 0 Å². The van der Waals surface area contributed by atoms with Crippen molar-refractivity contribution in [3.8, 4) is 0 Å². The molecule has 0 aromatic carbocycles. The van der Waals surface area contributed by atoms with E-state index in [9.17, 15) is 4.79 Å². The van der Waals surface area contributed by atoms with Gasteiger partial charge in [-0.2, -0.15) is 0 Å². The standard InChI is InChI=1S/C7H12OS/c1-2-3-6-9-7-4-5-8/h4-5,7H,2-3,6H2,1H3. The van der Waals surface area contributed by atoms with E-state index >= 15 is 0 Å². The van der Waals surface area contributed by atoms with E-state index in [1.165, 1.54) is 18.9 Å². The van der Waals surface area contributed by atoms with Gasteiger partial charge < -0.3 is 0 Å². The number of aldehydes is 1. The van der Waals surface area contributed by atoms with Gasteiger partial charge in [0.15, 0.2) is 0 Å². The molecule has 1 nitrogen and oxygen atoms in total. The van der Waals surface area contributed by atoms with Crippen molar-refractivity contribution in [2.45, 2.75) is 19.8 Å². The predicted octanol–water partition coefficient (Wildman–Crippen LogP) is 2.23. The number of unbranched alkanes of at least 4 members (excludes halogenated alkanes) is 1. The Morgan fingerprint density at radius 2 is 2.33 bits per heavy atom. The normalized spacial score (nSPS) is 10.3. The minimum Gasteiger partial charge on any atom is -0.299 e. The van der Waals surface area contributed by atoms with Crippen molar-refractivity contribution in [1.82, 2.24) is 0 Å². The highest BCUT2D eigenvalue weighted by Crippen LogP contribution is 2.04. The number of hydrogen-bond acceptors (Lipinski definition) is 2. The van der Waals surface area contributed by atoms with Crippen molar-refractivity contribution >= 4 is 18.0 Å². The Hall–Kier alpha value is -0.240. The zero-order chi connectivity index (χ0) is 6.95. The molecule has 2 heteroatoms. The molecule has 0 aliphatic rings. The van der Waals surface area contributed by atoms with Gasteiger partial charge in [0.25, 0.3) is 0 Å². The summed E-state index contributed by atoms with van der Waals surface area (Å²) in [6.45, 7) is 2.16. The summed E-state index contributed by atoms with van der Waals surface area (Å²) in [5.41, 5.74) is 0. The third-order valence-corrected chi connectivity index (χ3v) is 1.74. The second-order valence-electron chi connectivity index (χ2n) is 1.69. The van der Waals surface area contributed by atoms with Gasteiger partial charge in [0.05, 0.1) is 0 Å². The quantitative estimate of drug-likeness (QED) is 0.334. The second kappa shape index (κ2) is 7.76. The summed E-state index contributed by atoms with van der Waals surface area (Å²) in [6, 6.07) is 0. The number of carbonyl (C=O) groups is 1. The zero-order valence-corrected chi connectivity index (χ0v) is 6.49. The fourth-order valence-electron chi connectivity index (χ4n) is 0.383. The van der Waals surface area contributed by atoms with Crippen LogP contribution in [0.1, 0.15) is 19.8 Å². The summed E-state index contributed by atoms with van der Waals surface area (Å²) in [6.07, 6.45) is 4.79. The lowest BCUT2D eigenvalue weighted by molar-refractivity contribution is -0.104. The van der Waals surface area contributed by atoms with Crippen molar-refractivity contribution in [1.29, 1.82) is 0 Å². The van der Waals surface area contributed by atoms with Gasteiger partial charge >= 0.3 is 0 Å². The molecule has 0 bridgehead atoms. The van der Waals surface area contributed by atoms with Crippen LogP contribution in [0.5, 0.6) is 0 Å². The maximum Gasteiger partial charge on any atom is 0.143 e. The Bertz CT molecular complexity index is 88.9. The number of carbonyl (C=O) groups excluding carboxylic acids is 1. The van der Waals surface area contributed by atoms with Crippen LogP contribution in [-0.4, -0.2) is 12.0 Å². The highest BCUT2D eigenvalue weighted by molar-refractivity contribution is 8.02. The molecule has 0 saturated heterocycles. The summed E-state index contributed by atoms with van der Waals surface area (Å²) in [7, 11) is 0. The van der Waals surface area contributed by atoms with E-state index in [0.29, 0.717) is 0 Å². The Labute approximate surface area is 60.5 Å². The average Bonchev–Trinajstić information content (AvgIpc) is 1.89. The van der Waals surface area contributed by atoms with Gasteiger partial charge in [0.1, 0.15) is 6.29 Å². The summed E-state index contributed by atoms with van der Waals surface area (Å²) in [5, 5.41) is 1.84. The molecule has 0 heterocycles.